The number of anilines is 2. The molecule has 0 atom stereocenters. The van der Waals surface area contributed by atoms with Gasteiger partial charge in [0.25, 0.3) is 0 Å². The van der Waals surface area contributed by atoms with Crippen LogP contribution in [0.25, 0.3) is 11.1 Å². The predicted octanol–water partition coefficient (Wildman–Crippen LogP) is 5.13. The quantitative estimate of drug-likeness (QED) is 0.637. The number of carbonyl (C=O) groups excluding carboxylic acids is 2. The number of nitrogens with zero attached hydrogens (tertiary/aromatic N) is 1. The van der Waals surface area contributed by atoms with Crippen LogP contribution in [0.1, 0.15) is 12.5 Å². The fraction of sp³-hybridized carbons (Fsp3) is 0.167. The van der Waals surface area contributed by atoms with Crippen molar-refractivity contribution in [2.75, 3.05) is 23.9 Å². The molecule has 0 aliphatic heterocycles. The van der Waals surface area contributed by atoms with Crippen LogP contribution in [0.5, 0.6) is 0 Å². The average Bonchev–Trinajstić information content (AvgIpc) is 2.75. The molecule has 3 rings (SSSR count). The highest BCUT2D eigenvalue weighted by Crippen LogP contribution is 2.20. The van der Waals surface area contributed by atoms with E-state index in [1.807, 2.05) is 42.5 Å². The number of hydrogen-bond donors (Lipinski definition) is 1. The minimum Gasteiger partial charge on any atom is -0.449 e. The van der Waals surface area contributed by atoms with Gasteiger partial charge in [0.05, 0.1) is 13.0 Å². The Bertz CT molecular complexity index is 952. The topological polar surface area (TPSA) is 58.6 Å². The van der Waals surface area contributed by atoms with Gasteiger partial charge in [-0.05, 0) is 47.9 Å². The van der Waals surface area contributed by atoms with Crippen molar-refractivity contribution in [3.63, 3.8) is 0 Å². The Labute approximate surface area is 170 Å². The minimum absolute atomic E-state index is 0.0936. The van der Waals surface area contributed by atoms with Gasteiger partial charge in [0.15, 0.2) is 0 Å². The summed E-state index contributed by atoms with van der Waals surface area (Å²) in [5, 5.41) is 2.88. The first kappa shape index (κ1) is 20.1. The highest BCUT2D eigenvalue weighted by molar-refractivity contribution is 5.93. The summed E-state index contributed by atoms with van der Waals surface area (Å²) in [6.07, 6.45) is -0.122. The van der Waals surface area contributed by atoms with Crippen molar-refractivity contribution < 1.29 is 14.3 Å². The third-order valence-electron chi connectivity index (χ3n) is 4.51. The summed E-state index contributed by atoms with van der Waals surface area (Å²) in [6.45, 7) is 2.09. The zero-order chi connectivity index (χ0) is 20.6. The van der Waals surface area contributed by atoms with Gasteiger partial charge in [-0.15, -0.1) is 0 Å². The second-order valence-corrected chi connectivity index (χ2v) is 6.59. The van der Waals surface area contributed by atoms with Crippen LogP contribution in [0.3, 0.4) is 0 Å². The van der Waals surface area contributed by atoms with Gasteiger partial charge in [0.2, 0.25) is 5.91 Å². The molecule has 2 amide bonds. The standard InChI is InChI=1S/C24H24N2O3/c1-3-29-24(28)26(2)22-15-13-21(14-16-22)25-23(27)17-18-9-11-20(12-10-18)19-7-5-4-6-8-19/h4-16H,3,17H2,1-2H3,(H,25,27). The van der Waals surface area contributed by atoms with Crippen LogP contribution in [-0.2, 0) is 16.0 Å². The molecule has 148 valence electrons. The zero-order valence-electron chi connectivity index (χ0n) is 16.6. The maximum Gasteiger partial charge on any atom is 0.413 e. The van der Waals surface area contributed by atoms with Crippen LogP contribution in [0, 0.1) is 0 Å². The van der Waals surface area contributed by atoms with Gasteiger partial charge in [-0.25, -0.2) is 4.79 Å². The van der Waals surface area contributed by atoms with E-state index in [-0.39, 0.29) is 5.91 Å². The molecule has 0 saturated heterocycles. The normalized spacial score (nSPS) is 10.3. The second kappa shape index (κ2) is 9.55. The summed E-state index contributed by atoms with van der Waals surface area (Å²) < 4.78 is 4.97. The van der Waals surface area contributed by atoms with E-state index < -0.39 is 6.09 Å². The number of rotatable bonds is 6. The van der Waals surface area contributed by atoms with Crippen LogP contribution in [0.2, 0.25) is 0 Å². The molecule has 29 heavy (non-hydrogen) atoms. The number of nitrogens with one attached hydrogen (secondary N) is 1. The van der Waals surface area contributed by atoms with E-state index >= 15 is 0 Å². The minimum atomic E-state index is -0.414. The van der Waals surface area contributed by atoms with E-state index in [9.17, 15) is 9.59 Å². The molecule has 0 heterocycles. The number of carbonyl (C=O) groups is 2. The Morgan fingerprint density at radius 1 is 0.862 bits per heavy atom. The lowest BCUT2D eigenvalue weighted by molar-refractivity contribution is -0.115. The number of benzene rings is 3. The Morgan fingerprint density at radius 3 is 2.10 bits per heavy atom. The largest absolute Gasteiger partial charge is 0.449 e. The third kappa shape index (κ3) is 5.45. The second-order valence-electron chi connectivity index (χ2n) is 6.59. The molecule has 0 fully saturated rings. The van der Waals surface area contributed by atoms with Crippen LogP contribution in [0.4, 0.5) is 16.2 Å². The van der Waals surface area contributed by atoms with Crippen molar-refractivity contribution in [1.82, 2.24) is 0 Å². The van der Waals surface area contributed by atoms with E-state index in [2.05, 4.69) is 17.4 Å². The molecule has 0 aliphatic carbocycles. The molecule has 0 bridgehead atoms. The summed E-state index contributed by atoms with van der Waals surface area (Å²) in [5.41, 5.74) is 4.59. The number of ether oxygens (including phenoxy) is 1. The molecule has 0 aromatic heterocycles. The average molecular weight is 388 g/mol. The maximum absolute atomic E-state index is 12.4. The van der Waals surface area contributed by atoms with Gasteiger partial charge in [-0.1, -0.05) is 54.6 Å². The molecule has 0 spiro atoms. The molecule has 5 nitrogen and oxygen atoms in total. The van der Waals surface area contributed by atoms with Crippen LogP contribution >= 0.6 is 0 Å². The van der Waals surface area contributed by atoms with Gasteiger partial charge in [0, 0.05) is 18.4 Å². The van der Waals surface area contributed by atoms with E-state index in [0.29, 0.717) is 24.4 Å². The number of amides is 2. The van der Waals surface area contributed by atoms with Gasteiger partial charge >= 0.3 is 6.09 Å². The Hall–Kier alpha value is -3.60. The first-order valence-electron chi connectivity index (χ1n) is 9.51. The lowest BCUT2D eigenvalue weighted by atomic mass is 10.0. The first-order valence-corrected chi connectivity index (χ1v) is 9.51. The Morgan fingerprint density at radius 2 is 1.48 bits per heavy atom. The van der Waals surface area contributed by atoms with E-state index in [1.165, 1.54) is 4.90 Å². The molecular formula is C24H24N2O3. The third-order valence-corrected chi connectivity index (χ3v) is 4.51. The van der Waals surface area contributed by atoms with Gasteiger partial charge in [-0.3, -0.25) is 9.69 Å². The molecule has 0 unspecified atom stereocenters. The van der Waals surface area contributed by atoms with Crippen LogP contribution in [0.15, 0.2) is 78.9 Å². The van der Waals surface area contributed by atoms with Crippen LogP contribution in [-0.4, -0.2) is 25.7 Å². The molecule has 3 aromatic carbocycles. The molecule has 0 radical (unpaired) electrons. The summed E-state index contributed by atoms with van der Waals surface area (Å²) in [6, 6.07) is 25.2. The van der Waals surface area contributed by atoms with Gasteiger partial charge < -0.3 is 10.1 Å². The smallest absolute Gasteiger partial charge is 0.413 e. The van der Waals surface area contributed by atoms with Crippen molar-refractivity contribution in [2.45, 2.75) is 13.3 Å². The molecule has 3 aromatic rings. The highest BCUT2D eigenvalue weighted by Gasteiger charge is 2.11. The van der Waals surface area contributed by atoms with E-state index in [1.54, 1.807) is 38.2 Å². The van der Waals surface area contributed by atoms with Crippen molar-refractivity contribution in [3.05, 3.63) is 84.4 Å². The molecule has 0 aliphatic rings. The van der Waals surface area contributed by atoms with Gasteiger partial charge in [-0.2, -0.15) is 0 Å². The zero-order valence-corrected chi connectivity index (χ0v) is 16.6. The SMILES string of the molecule is CCOC(=O)N(C)c1ccc(NC(=O)Cc2ccc(-c3ccccc3)cc2)cc1. The van der Waals surface area contributed by atoms with Crippen molar-refractivity contribution in [3.8, 4) is 11.1 Å². The van der Waals surface area contributed by atoms with E-state index in [0.717, 1.165) is 16.7 Å². The first-order chi connectivity index (χ1) is 14.1. The van der Waals surface area contributed by atoms with Crippen molar-refractivity contribution in [2.24, 2.45) is 0 Å². The number of hydrogen-bond acceptors (Lipinski definition) is 3. The van der Waals surface area contributed by atoms with Gasteiger partial charge in [0.1, 0.15) is 0 Å². The highest BCUT2D eigenvalue weighted by atomic mass is 16.6. The molecular weight excluding hydrogens is 364 g/mol. The summed E-state index contributed by atoms with van der Waals surface area (Å²) >= 11 is 0. The summed E-state index contributed by atoms with van der Waals surface area (Å²) in [4.78, 5) is 25.5. The summed E-state index contributed by atoms with van der Waals surface area (Å²) in [7, 11) is 1.64. The van der Waals surface area contributed by atoms with Crippen molar-refractivity contribution in [1.29, 1.82) is 0 Å². The molecule has 0 saturated carbocycles. The predicted molar refractivity (Wildman–Crippen MR) is 116 cm³/mol. The lowest BCUT2D eigenvalue weighted by Gasteiger charge is -2.17. The fourth-order valence-corrected chi connectivity index (χ4v) is 2.93. The Balaban J connectivity index is 1.57. The molecule has 1 N–H and O–H groups in total. The lowest BCUT2D eigenvalue weighted by Crippen LogP contribution is -2.26. The monoisotopic (exact) mass is 388 g/mol. The molecule has 5 heteroatoms. The van der Waals surface area contributed by atoms with E-state index in [4.69, 9.17) is 4.74 Å². The summed E-state index contributed by atoms with van der Waals surface area (Å²) in [5.74, 6) is -0.0936. The van der Waals surface area contributed by atoms with Crippen molar-refractivity contribution >= 4 is 23.4 Å². The van der Waals surface area contributed by atoms with Crippen LogP contribution < -0.4 is 10.2 Å². The fourth-order valence-electron chi connectivity index (χ4n) is 2.93. The maximum atomic E-state index is 12.4. The Kier molecular flexibility index (Phi) is 6.63.